The lowest BCUT2D eigenvalue weighted by Crippen LogP contribution is -2.52. The van der Waals surface area contributed by atoms with Crippen LogP contribution in [0.5, 0.6) is 0 Å². The zero-order valence-corrected chi connectivity index (χ0v) is 18.6. The van der Waals surface area contributed by atoms with Gasteiger partial charge in [-0.05, 0) is 43.2 Å². The summed E-state index contributed by atoms with van der Waals surface area (Å²) in [5, 5.41) is 11.1. The number of sulfonamides is 1. The normalized spacial score (nSPS) is 14.7. The third kappa shape index (κ3) is 3.85. The lowest BCUT2D eigenvalue weighted by molar-refractivity contribution is -0.384. The number of fused-ring (bicyclic) bond motifs is 1. The molecule has 1 aliphatic rings. The molecule has 0 unspecified atom stereocenters. The molecule has 2 amide bonds. The van der Waals surface area contributed by atoms with Gasteiger partial charge in [-0.3, -0.25) is 19.8 Å². The van der Waals surface area contributed by atoms with Crippen LogP contribution < -0.4 is 9.21 Å². The van der Waals surface area contributed by atoms with E-state index in [0.717, 1.165) is 16.5 Å². The van der Waals surface area contributed by atoms with Crippen LogP contribution in [0.3, 0.4) is 0 Å². The van der Waals surface area contributed by atoms with Crippen molar-refractivity contribution in [3.05, 3.63) is 93.5 Å². The zero-order valence-electron chi connectivity index (χ0n) is 17.8. The second kappa shape index (κ2) is 8.14. The summed E-state index contributed by atoms with van der Waals surface area (Å²) in [4.78, 5) is 37.9. The molecule has 168 valence electrons. The fourth-order valence-corrected chi connectivity index (χ4v) is 5.31. The van der Waals surface area contributed by atoms with Crippen molar-refractivity contribution in [3.8, 4) is 0 Å². The molecule has 3 aromatic carbocycles. The largest absolute Gasteiger partial charge is 0.343 e. The number of hydrogen-bond donors (Lipinski definition) is 0. The first-order valence-corrected chi connectivity index (χ1v) is 11.4. The number of urea groups is 1. The molecular formula is C23H19N3O6S. The third-order valence-corrected chi connectivity index (χ3v) is 7.08. The fraction of sp³-hybridized carbons (Fsp3) is 0.130. The molecule has 0 aliphatic carbocycles. The Bertz CT molecular complexity index is 1420. The number of rotatable bonds is 5. The van der Waals surface area contributed by atoms with Crippen molar-refractivity contribution in [1.82, 2.24) is 0 Å². The molecule has 0 atom stereocenters. The van der Waals surface area contributed by atoms with Crippen LogP contribution in [-0.2, 0) is 10.0 Å². The van der Waals surface area contributed by atoms with Crippen LogP contribution in [0, 0.1) is 24.0 Å². The van der Waals surface area contributed by atoms with E-state index in [1.807, 2.05) is 0 Å². The van der Waals surface area contributed by atoms with Crippen molar-refractivity contribution in [2.45, 2.75) is 18.7 Å². The molecule has 0 aromatic heterocycles. The van der Waals surface area contributed by atoms with Gasteiger partial charge in [0, 0.05) is 17.7 Å². The first kappa shape index (κ1) is 22.2. The number of hydrogen-bond acceptors (Lipinski definition) is 6. The van der Waals surface area contributed by atoms with Crippen LogP contribution in [0.2, 0.25) is 0 Å². The molecule has 9 nitrogen and oxygen atoms in total. The lowest BCUT2D eigenvalue weighted by Gasteiger charge is -2.36. The molecule has 0 N–H and O–H groups in total. The second-order valence-corrected chi connectivity index (χ2v) is 9.38. The highest BCUT2D eigenvalue weighted by atomic mass is 32.2. The Balaban J connectivity index is 1.82. The first-order chi connectivity index (χ1) is 15.6. The summed E-state index contributed by atoms with van der Waals surface area (Å²) in [5.41, 5.74) is 1.38. The highest BCUT2D eigenvalue weighted by Gasteiger charge is 2.43. The van der Waals surface area contributed by atoms with E-state index in [1.54, 1.807) is 38.1 Å². The van der Waals surface area contributed by atoms with Gasteiger partial charge in [0.1, 0.15) is 4.90 Å². The van der Waals surface area contributed by atoms with E-state index in [-0.39, 0.29) is 27.5 Å². The predicted molar refractivity (Wildman–Crippen MR) is 122 cm³/mol. The number of ketones is 1. The maximum absolute atomic E-state index is 13.5. The highest BCUT2D eigenvalue weighted by Crippen LogP contribution is 2.38. The zero-order chi connectivity index (χ0) is 23.9. The van der Waals surface area contributed by atoms with Gasteiger partial charge in [0.2, 0.25) is 0 Å². The Kier molecular flexibility index (Phi) is 5.46. The number of amides is 2. The van der Waals surface area contributed by atoms with Crippen molar-refractivity contribution in [1.29, 1.82) is 0 Å². The van der Waals surface area contributed by atoms with Crippen LogP contribution in [-0.4, -0.2) is 31.7 Å². The van der Waals surface area contributed by atoms with Crippen LogP contribution in [0.1, 0.15) is 21.5 Å². The number of benzene rings is 3. The number of nitro benzene ring substituents is 1. The molecule has 1 aliphatic heterocycles. The maximum Gasteiger partial charge on any atom is 0.343 e. The number of carbonyl (C=O) groups is 2. The Labute approximate surface area is 190 Å². The number of aryl methyl sites for hydroxylation is 2. The Morgan fingerprint density at radius 3 is 2.42 bits per heavy atom. The average Bonchev–Trinajstić information content (AvgIpc) is 2.79. The molecule has 0 radical (unpaired) electrons. The summed E-state index contributed by atoms with van der Waals surface area (Å²) in [7, 11) is -4.23. The van der Waals surface area contributed by atoms with Crippen molar-refractivity contribution in [3.63, 3.8) is 0 Å². The number of Topliss-reactive ketones (excluding diaryl/α,β-unsaturated/α-hetero) is 1. The molecule has 0 bridgehead atoms. The van der Waals surface area contributed by atoms with Crippen molar-refractivity contribution < 1.29 is 22.9 Å². The van der Waals surface area contributed by atoms with E-state index in [9.17, 15) is 28.1 Å². The van der Waals surface area contributed by atoms with Crippen LogP contribution in [0.15, 0.2) is 71.6 Å². The van der Waals surface area contributed by atoms with Gasteiger partial charge in [0.05, 0.1) is 22.8 Å². The minimum absolute atomic E-state index is 0.0428. The smallest absolute Gasteiger partial charge is 0.292 e. The number of carbonyl (C=O) groups excluding carboxylic acids is 2. The number of nitro groups is 1. The molecule has 33 heavy (non-hydrogen) atoms. The van der Waals surface area contributed by atoms with Crippen LogP contribution in [0.25, 0.3) is 0 Å². The van der Waals surface area contributed by atoms with E-state index in [4.69, 9.17) is 0 Å². The standard InChI is InChI=1S/C23H19N3O6S/c1-15-10-11-16(2)20(12-15)25-23(28)24(19-8-3-4-9-22(19)33(25,31)32)14-21(27)17-6-5-7-18(13-17)26(29)30/h3-13H,14H2,1-2H3. The maximum atomic E-state index is 13.5. The number of anilines is 2. The second-order valence-electron chi connectivity index (χ2n) is 7.63. The minimum Gasteiger partial charge on any atom is -0.292 e. The van der Waals surface area contributed by atoms with Crippen molar-refractivity contribution in [2.24, 2.45) is 0 Å². The summed E-state index contributed by atoms with van der Waals surface area (Å²) in [6, 6.07) is 15.3. The molecule has 0 fully saturated rings. The van der Waals surface area contributed by atoms with Gasteiger partial charge in [-0.15, -0.1) is 0 Å². The Hall–Kier alpha value is -4.05. The van der Waals surface area contributed by atoms with Crippen LogP contribution >= 0.6 is 0 Å². The van der Waals surface area contributed by atoms with E-state index >= 15 is 0 Å². The Morgan fingerprint density at radius 1 is 0.970 bits per heavy atom. The Morgan fingerprint density at radius 2 is 1.70 bits per heavy atom. The number of para-hydroxylation sites is 1. The number of non-ortho nitro benzene ring substituents is 1. The van der Waals surface area contributed by atoms with E-state index < -0.39 is 33.3 Å². The molecule has 0 saturated carbocycles. The van der Waals surface area contributed by atoms with Crippen molar-refractivity contribution >= 4 is 38.9 Å². The quantitative estimate of drug-likeness (QED) is 0.316. The molecule has 0 saturated heterocycles. The summed E-state index contributed by atoms with van der Waals surface area (Å²) in [5.74, 6) is -0.568. The fourth-order valence-electron chi connectivity index (χ4n) is 3.66. The van der Waals surface area contributed by atoms with E-state index in [0.29, 0.717) is 9.87 Å². The highest BCUT2D eigenvalue weighted by molar-refractivity contribution is 7.94. The van der Waals surface area contributed by atoms with Gasteiger partial charge < -0.3 is 0 Å². The van der Waals surface area contributed by atoms with Crippen molar-refractivity contribution in [2.75, 3.05) is 15.7 Å². The van der Waals surface area contributed by atoms with Gasteiger partial charge in [-0.1, -0.05) is 36.4 Å². The van der Waals surface area contributed by atoms with E-state index in [2.05, 4.69) is 0 Å². The molecule has 0 spiro atoms. The first-order valence-electron chi connectivity index (χ1n) is 9.92. The predicted octanol–water partition coefficient (Wildman–Crippen LogP) is 4.23. The van der Waals surface area contributed by atoms with Crippen LogP contribution in [0.4, 0.5) is 21.9 Å². The topological polar surface area (TPSA) is 118 Å². The molecule has 1 heterocycles. The van der Waals surface area contributed by atoms with Gasteiger partial charge in [-0.2, -0.15) is 4.31 Å². The molecule has 3 aromatic rings. The summed E-state index contributed by atoms with van der Waals surface area (Å²) >= 11 is 0. The third-order valence-electron chi connectivity index (χ3n) is 5.34. The molecular weight excluding hydrogens is 446 g/mol. The van der Waals surface area contributed by atoms with Gasteiger partial charge in [0.25, 0.3) is 15.7 Å². The summed E-state index contributed by atoms with van der Waals surface area (Å²) in [6.45, 7) is 2.98. The molecule has 4 rings (SSSR count). The average molecular weight is 465 g/mol. The SMILES string of the molecule is Cc1ccc(C)c(N2C(=O)N(CC(=O)c3cccc([N+](=O)[O-])c3)c3ccccc3S2(=O)=O)c1. The monoisotopic (exact) mass is 465 g/mol. The molecule has 10 heteroatoms. The summed E-state index contributed by atoms with van der Waals surface area (Å²) in [6.07, 6.45) is 0. The van der Waals surface area contributed by atoms with Gasteiger partial charge in [-0.25, -0.2) is 13.2 Å². The number of nitrogens with zero attached hydrogens (tertiary/aromatic N) is 3. The van der Waals surface area contributed by atoms with Gasteiger partial charge in [0.15, 0.2) is 5.78 Å². The summed E-state index contributed by atoms with van der Waals surface area (Å²) < 4.78 is 27.5. The minimum atomic E-state index is -4.23. The van der Waals surface area contributed by atoms with E-state index in [1.165, 1.54) is 36.4 Å². The van der Waals surface area contributed by atoms with Gasteiger partial charge >= 0.3 is 6.03 Å². The lowest BCUT2D eigenvalue weighted by atomic mass is 10.1.